The molecule has 1 aliphatic rings. The van der Waals surface area contributed by atoms with Crippen LogP contribution in [0.25, 0.3) is 11.0 Å². The van der Waals surface area contributed by atoms with E-state index in [1.54, 1.807) is 19.1 Å². The van der Waals surface area contributed by atoms with Crippen LogP contribution in [0.15, 0.2) is 63.8 Å². The number of ether oxygens (including phenoxy) is 3. The monoisotopic (exact) mass is 527 g/mol. The van der Waals surface area contributed by atoms with Gasteiger partial charge in [-0.2, -0.15) is 0 Å². The molecule has 7 nitrogen and oxygen atoms in total. The normalized spacial score (nSPS) is 14.7. The number of hydrogen-bond donors (Lipinski definition) is 0. The number of carbonyl (C=O) groups excluding carboxylic acids is 1. The third-order valence-electron chi connectivity index (χ3n) is 7.17. The van der Waals surface area contributed by atoms with Gasteiger partial charge >= 0.3 is 0 Å². The molecule has 0 N–H and O–H groups in total. The van der Waals surface area contributed by atoms with Gasteiger partial charge in [0.05, 0.1) is 37.8 Å². The molecule has 0 radical (unpaired) electrons. The Balaban J connectivity index is 1.67. The number of amides is 1. The Morgan fingerprint density at radius 3 is 2.28 bits per heavy atom. The van der Waals surface area contributed by atoms with E-state index in [0.29, 0.717) is 40.6 Å². The van der Waals surface area contributed by atoms with Gasteiger partial charge in [-0.05, 0) is 78.4 Å². The lowest BCUT2D eigenvalue weighted by atomic mass is 9.97. The first-order valence-corrected chi connectivity index (χ1v) is 13.0. The Morgan fingerprint density at radius 1 is 0.897 bits per heavy atom. The molecule has 1 atom stereocenters. The maximum absolute atomic E-state index is 14.0. The number of fused-ring (bicyclic) bond motifs is 2. The molecule has 0 spiro atoms. The number of methoxy groups -OCH3 is 2. The first-order valence-electron chi connectivity index (χ1n) is 13.0. The van der Waals surface area contributed by atoms with Crippen LogP contribution in [0, 0.1) is 19.8 Å². The first kappa shape index (κ1) is 26.4. The van der Waals surface area contributed by atoms with Gasteiger partial charge in [0.15, 0.2) is 16.9 Å². The van der Waals surface area contributed by atoms with Crippen molar-refractivity contribution in [2.45, 2.75) is 40.3 Å². The third-order valence-corrected chi connectivity index (χ3v) is 7.17. The summed E-state index contributed by atoms with van der Waals surface area (Å²) in [6.07, 6.45) is 0. The molecule has 0 aliphatic carbocycles. The van der Waals surface area contributed by atoms with E-state index in [0.717, 1.165) is 28.0 Å². The van der Waals surface area contributed by atoms with Crippen LogP contribution >= 0.6 is 0 Å². The summed E-state index contributed by atoms with van der Waals surface area (Å²) < 4.78 is 23.1. The molecule has 3 aromatic carbocycles. The lowest BCUT2D eigenvalue weighted by molar-refractivity contribution is 0.0714. The smallest absolute Gasteiger partial charge is 0.291 e. The molecule has 4 aromatic rings. The van der Waals surface area contributed by atoms with Gasteiger partial charge in [0.1, 0.15) is 11.3 Å². The summed E-state index contributed by atoms with van der Waals surface area (Å²) >= 11 is 0. The highest BCUT2D eigenvalue weighted by Gasteiger charge is 2.43. The Labute approximate surface area is 227 Å². The van der Waals surface area contributed by atoms with Crippen molar-refractivity contribution in [3.05, 3.63) is 98.4 Å². The first-order chi connectivity index (χ1) is 18.7. The zero-order valence-corrected chi connectivity index (χ0v) is 23.2. The number of hydrogen-bond acceptors (Lipinski definition) is 6. The van der Waals surface area contributed by atoms with Crippen molar-refractivity contribution >= 4 is 16.9 Å². The maximum atomic E-state index is 14.0. The number of rotatable bonds is 8. The quantitative estimate of drug-likeness (QED) is 0.271. The second-order valence-electron chi connectivity index (χ2n) is 10.4. The van der Waals surface area contributed by atoms with Crippen molar-refractivity contribution in [1.82, 2.24) is 4.90 Å². The molecule has 0 saturated heterocycles. The molecule has 1 aromatic heterocycles. The minimum absolute atomic E-state index is 0.0772. The van der Waals surface area contributed by atoms with Crippen molar-refractivity contribution < 1.29 is 23.4 Å². The molecule has 39 heavy (non-hydrogen) atoms. The van der Waals surface area contributed by atoms with Crippen LogP contribution in [0.3, 0.4) is 0 Å². The van der Waals surface area contributed by atoms with Crippen LogP contribution in [-0.2, 0) is 6.54 Å². The lowest BCUT2D eigenvalue weighted by Gasteiger charge is -2.26. The van der Waals surface area contributed by atoms with E-state index in [2.05, 4.69) is 13.8 Å². The topological polar surface area (TPSA) is 78.2 Å². The molecule has 1 amide bonds. The summed E-state index contributed by atoms with van der Waals surface area (Å²) in [7, 11) is 3.19. The van der Waals surface area contributed by atoms with Crippen LogP contribution in [0.1, 0.15) is 58.3 Å². The van der Waals surface area contributed by atoms with Gasteiger partial charge in [-0.1, -0.05) is 32.0 Å². The molecule has 5 rings (SSSR count). The van der Waals surface area contributed by atoms with Crippen LogP contribution < -0.4 is 19.6 Å². The van der Waals surface area contributed by atoms with E-state index in [1.165, 1.54) is 0 Å². The zero-order valence-electron chi connectivity index (χ0n) is 23.2. The Morgan fingerprint density at radius 2 is 1.62 bits per heavy atom. The largest absolute Gasteiger partial charge is 0.497 e. The fraction of sp³-hybridized carbons (Fsp3) is 0.312. The van der Waals surface area contributed by atoms with E-state index in [9.17, 15) is 9.59 Å². The molecular weight excluding hydrogens is 494 g/mol. The Bertz CT molecular complexity index is 1600. The average molecular weight is 528 g/mol. The SMILES string of the molecule is COc1ccc(CN2C(=O)c3oc4cc(C)c(C)cc4c(=O)c3C2c2ccc(OCC(C)C)c(OC)c2)cc1. The minimum atomic E-state index is -0.662. The molecule has 0 bridgehead atoms. The van der Waals surface area contributed by atoms with Crippen LogP contribution in [-0.4, -0.2) is 31.6 Å². The zero-order chi connectivity index (χ0) is 27.8. The molecule has 202 valence electrons. The predicted octanol–water partition coefficient (Wildman–Crippen LogP) is 6.21. The number of carbonyl (C=O) groups is 1. The van der Waals surface area contributed by atoms with Gasteiger partial charge in [-0.15, -0.1) is 0 Å². The molecule has 2 heterocycles. The van der Waals surface area contributed by atoms with Gasteiger partial charge in [0.25, 0.3) is 5.91 Å². The van der Waals surface area contributed by atoms with Gasteiger partial charge < -0.3 is 23.5 Å². The summed E-state index contributed by atoms with van der Waals surface area (Å²) in [5.41, 5.74) is 4.15. The fourth-order valence-electron chi connectivity index (χ4n) is 4.94. The van der Waals surface area contributed by atoms with Crippen molar-refractivity contribution in [2.75, 3.05) is 20.8 Å². The highest BCUT2D eigenvalue weighted by molar-refractivity contribution is 5.99. The van der Waals surface area contributed by atoms with Gasteiger partial charge in [-0.25, -0.2) is 0 Å². The van der Waals surface area contributed by atoms with Crippen molar-refractivity contribution in [3.8, 4) is 17.2 Å². The highest BCUT2D eigenvalue weighted by atomic mass is 16.5. The molecule has 0 fully saturated rings. The second-order valence-corrected chi connectivity index (χ2v) is 10.4. The van der Waals surface area contributed by atoms with Crippen molar-refractivity contribution in [2.24, 2.45) is 5.92 Å². The van der Waals surface area contributed by atoms with E-state index >= 15 is 0 Å². The molecular formula is C32H33NO6. The molecule has 0 saturated carbocycles. The fourth-order valence-corrected chi connectivity index (χ4v) is 4.94. The average Bonchev–Trinajstić information content (AvgIpc) is 3.20. The number of aryl methyl sites for hydroxylation is 2. The summed E-state index contributed by atoms with van der Waals surface area (Å²) in [4.78, 5) is 29.5. The second kappa shape index (κ2) is 10.5. The van der Waals surface area contributed by atoms with Gasteiger partial charge in [0.2, 0.25) is 5.76 Å². The van der Waals surface area contributed by atoms with E-state index in [-0.39, 0.29) is 23.6 Å². The van der Waals surface area contributed by atoms with E-state index in [4.69, 9.17) is 18.6 Å². The molecule has 7 heteroatoms. The highest BCUT2D eigenvalue weighted by Crippen LogP contribution is 2.42. The lowest BCUT2D eigenvalue weighted by Crippen LogP contribution is -2.29. The standard InChI is InChI=1S/C32H33NO6/c1-18(2)17-38-25-12-9-22(15-27(25)37-6)29-28-30(34)24-13-19(3)20(4)14-26(24)39-31(28)32(35)33(29)16-21-7-10-23(36-5)11-8-21/h7-15,18,29H,16-17H2,1-6H3. The molecule has 1 unspecified atom stereocenters. The van der Waals surface area contributed by atoms with E-state index in [1.807, 2.05) is 68.4 Å². The Hall–Kier alpha value is -4.26. The molecule has 1 aliphatic heterocycles. The van der Waals surface area contributed by atoms with Gasteiger partial charge in [0, 0.05) is 6.54 Å². The summed E-state index contributed by atoms with van der Waals surface area (Å²) in [6.45, 7) is 8.88. The van der Waals surface area contributed by atoms with Crippen molar-refractivity contribution in [3.63, 3.8) is 0 Å². The Kier molecular flexibility index (Phi) is 7.08. The number of benzene rings is 3. The predicted molar refractivity (Wildman–Crippen MR) is 150 cm³/mol. The van der Waals surface area contributed by atoms with Crippen LogP contribution in [0.4, 0.5) is 0 Å². The van der Waals surface area contributed by atoms with E-state index < -0.39 is 6.04 Å². The maximum Gasteiger partial charge on any atom is 0.291 e. The minimum Gasteiger partial charge on any atom is -0.497 e. The van der Waals surface area contributed by atoms with Gasteiger partial charge in [-0.3, -0.25) is 9.59 Å². The summed E-state index contributed by atoms with van der Waals surface area (Å²) in [5.74, 6) is 1.96. The van der Waals surface area contributed by atoms with Crippen molar-refractivity contribution in [1.29, 1.82) is 0 Å². The summed E-state index contributed by atoms with van der Waals surface area (Å²) in [5, 5.41) is 0.463. The van der Waals surface area contributed by atoms with Crippen LogP contribution in [0.2, 0.25) is 0 Å². The third kappa shape index (κ3) is 4.85. The number of nitrogens with zero attached hydrogens (tertiary/aromatic N) is 1. The van der Waals surface area contributed by atoms with Crippen LogP contribution in [0.5, 0.6) is 17.2 Å². The summed E-state index contributed by atoms with van der Waals surface area (Å²) in [6, 6.07) is 16.1.